The first kappa shape index (κ1) is 29.6. The number of aromatic hydroxyl groups is 2. The lowest BCUT2D eigenvalue weighted by molar-refractivity contribution is -0.131. The molecule has 4 aliphatic rings. The van der Waals surface area contributed by atoms with Gasteiger partial charge in [-0.15, -0.1) is 0 Å². The highest BCUT2D eigenvalue weighted by atomic mass is 16.4. The number of aromatic carboxylic acids is 1. The van der Waals surface area contributed by atoms with Gasteiger partial charge in [0.05, 0.1) is 34.5 Å². The minimum Gasteiger partial charge on any atom is -0.507 e. The third kappa shape index (κ3) is 3.89. The Hall–Kier alpha value is -5.77. The van der Waals surface area contributed by atoms with Gasteiger partial charge < -0.3 is 15.3 Å². The number of carboxylic acid groups (broad SMARTS) is 1. The first-order chi connectivity index (χ1) is 23.0. The molecule has 10 nitrogen and oxygen atoms in total. The number of carbonyl (C=O) groups is 5. The van der Waals surface area contributed by atoms with Crippen LogP contribution in [0.1, 0.15) is 41.6 Å². The van der Waals surface area contributed by atoms with E-state index in [2.05, 4.69) is 0 Å². The zero-order valence-corrected chi connectivity index (χ0v) is 25.7. The Morgan fingerprint density at radius 1 is 0.750 bits per heavy atom. The van der Waals surface area contributed by atoms with Gasteiger partial charge in [0.1, 0.15) is 17.1 Å². The van der Waals surface area contributed by atoms with Gasteiger partial charge in [0.15, 0.2) is 0 Å². The maximum absolute atomic E-state index is 14.7. The number of hydrogen-bond acceptors (Lipinski definition) is 7. The van der Waals surface area contributed by atoms with E-state index in [0.717, 1.165) is 28.2 Å². The van der Waals surface area contributed by atoms with Crippen LogP contribution < -0.4 is 9.80 Å². The standard InChI is InChI=1S/C38H30N2O8/c1-38-28(34(44)40(37(38)48)19-7-3-2-4-8-19)18-27-24(32(38)23-15-16-29(41)22-10-6-5-9-21(22)23)13-14-26-31(27)35(45)39(33(26)43)20-11-12-25(36(46)47)30(42)17-20/h2-13,15-17,26-28,31-32,41-42H,14,18H2,1H3,(H,46,47). The van der Waals surface area contributed by atoms with E-state index >= 15 is 0 Å². The number of imide groups is 2. The van der Waals surface area contributed by atoms with Crippen molar-refractivity contribution >= 4 is 51.7 Å². The fourth-order valence-corrected chi connectivity index (χ4v) is 8.84. The van der Waals surface area contributed by atoms with Gasteiger partial charge in [-0.1, -0.05) is 60.2 Å². The lowest BCUT2D eigenvalue weighted by Crippen LogP contribution is -2.49. The maximum Gasteiger partial charge on any atom is 0.339 e. The first-order valence-electron chi connectivity index (χ1n) is 15.8. The highest BCUT2D eigenvalue weighted by Gasteiger charge is 2.67. The Morgan fingerprint density at radius 2 is 1.46 bits per heavy atom. The molecular formula is C38H30N2O8. The van der Waals surface area contributed by atoms with E-state index in [4.69, 9.17) is 0 Å². The van der Waals surface area contributed by atoms with E-state index in [1.54, 1.807) is 48.5 Å². The Kier molecular flexibility index (Phi) is 6.40. The summed E-state index contributed by atoms with van der Waals surface area (Å²) in [6.07, 6.45) is 2.33. The van der Waals surface area contributed by atoms with Crippen LogP contribution in [0.5, 0.6) is 11.5 Å². The zero-order valence-electron chi connectivity index (χ0n) is 25.7. The Morgan fingerprint density at radius 3 is 2.17 bits per heavy atom. The largest absolute Gasteiger partial charge is 0.507 e. The molecule has 0 bridgehead atoms. The van der Waals surface area contributed by atoms with Gasteiger partial charge in [-0.3, -0.25) is 19.2 Å². The third-order valence-corrected chi connectivity index (χ3v) is 11.0. The number of allylic oxidation sites excluding steroid dienone is 2. The van der Waals surface area contributed by atoms with Gasteiger partial charge in [-0.05, 0) is 67.0 Å². The molecule has 3 fully saturated rings. The number of anilines is 2. The maximum atomic E-state index is 14.7. The summed E-state index contributed by atoms with van der Waals surface area (Å²) in [6, 6.07) is 23.0. The van der Waals surface area contributed by atoms with Gasteiger partial charge in [-0.2, -0.15) is 0 Å². The molecule has 8 rings (SSSR count). The van der Waals surface area contributed by atoms with E-state index < -0.39 is 58.5 Å². The summed E-state index contributed by atoms with van der Waals surface area (Å²) in [6.45, 7) is 1.82. The second-order valence-electron chi connectivity index (χ2n) is 13.2. The van der Waals surface area contributed by atoms with Crippen molar-refractivity contribution in [2.45, 2.75) is 25.7 Å². The summed E-state index contributed by atoms with van der Waals surface area (Å²) in [5, 5.41) is 31.8. The lowest BCUT2D eigenvalue weighted by Gasteiger charge is -2.49. The fraction of sp³-hybridized carbons (Fsp3) is 0.237. The number of carbonyl (C=O) groups excluding carboxylic acids is 4. The first-order valence-corrected chi connectivity index (χ1v) is 15.8. The highest BCUT2D eigenvalue weighted by Crippen LogP contribution is 2.64. The molecule has 2 aliphatic carbocycles. The van der Waals surface area contributed by atoms with Crippen LogP contribution in [0.3, 0.4) is 0 Å². The van der Waals surface area contributed by atoms with Crippen LogP contribution in [0.15, 0.2) is 96.6 Å². The molecule has 6 atom stereocenters. The van der Waals surface area contributed by atoms with Gasteiger partial charge >= 0.3 is 5.97 Å². The summed E-state index contributed by atoms with van der Waals surface area (Å²) in [4.78, 5) is 71.0. The van der Waals surface area contributed by atoms with Crippen molar-refractivity contribution in [1.29, 1.82) is 0 Å². The van der Waals surface area contributed by atoms with Crippen molar-refractivity contribution in [3.63, 3.8) is 0 Å². The number of carboxylic acids is 1. The number of nitrogens with zero attached hydrogens (tertiary/aromatic N) is 2. The molecule has 4 amide bonds. The van der Waals surface area contributed by atoms with Crippen LogP contribution in [0.2, 0.25) is 0 Å². The SMILES string of the molecule is CC12C(=O)N(c3ccccc3)C(=O)C1CC1C(=CCC3C(=O)N(c4ccc(C(=O)O)c(O)c4)C(=O)C31)C2c1ccc(O)c2ccccc12. The average molecular weight is 643 g/mol. The number of benzene rings is 4. The van der Waals surface area contributed by atoms with E-state index in [1.807, 2.05) is 31.2 Å². The van der Waals surface area contributed by atoms with Gasteiger partial charge in [0.2, 0.25) is 23.6 Å². The fourth-order valence-electron chi connectivity index (χ4n) is 8.84. The van der Waals surface area contributed by atoms with E-state index in [1.165, 1.54) is 11.0 Å². The molecular weight excluding hydrogens is 612 g/mol. The number of para-hydroxylation sites is 1. The molecule has 1 saturated carbocycles. The zero-order chi connectivity index (χ0) is 33.6. The van der Waals surface area contributed by atoms with Crippen molar-refractivity contribution in [3.05, 3.63) is 108 Å². The van der Waals surface area contributed by atoms with E-state index in [9.17, 15) is 39.3 Å². The summed E-state index contributed by atoms with van der Waals surface area (Å²) in [5.74, 6) is -7.17. The van der Waals surface area contributed by atoms with Crippen molar-refractivity contribution in [3.8, 4) is 11.5 Å². The van der Waals surface area contributed by atoms with Crippen LogP contribution in [-0.4, -0.2) is 44.9 Å². The molecule has 6 unspecified atom stereocenters. The molecule has 4 aromatic rings. The highest BCUT2D eigenvalue weighted by molar-refractivity contribution is 6.25. The summed E-state index contributed by atoms with van der Waals surface area (Å²) >= 11 is 0. The van der Waals surface area contributed by atoms with E-state index in [-0.39, 0.29) is 41.7 Å². The normalized spacial score (nSPS) is 27.9. The minimum atomic E-state index is -1.35. The summed E-state index contributed by atoms with van der Waals surface area (Å²) in [5.41, 5.74) is 0.453. The molecule has 48 heavy (non-hydrogen) atoms. The third-order valence-electron chi connectivity index (χ3n) is 11.0. The second-order valence-corrected chi connectivity index (χ2v) is 13.2. The van der Waals surface area contributed by atoms with Crippen molar-refractivity contribution in [2.75, 3.05) is 9.80 Å². The Bertz CT molecular complexity index is 2140. The number of hydrogen-bond donors (Lipinski definition) is 3. The molecule has 240 valence electrons. The van der Waals surface area contributed by atoms with Crippen LogP contribution in [0.25, 0.3) is 10.8 Å². The molecule has 0 radical (unpaired) electrons. The molecule has 2 aliphatic heterocycles. The van der Waals surface area contributed by atoms with E-state index in [0.29, 0.717) is 16.5 Å². The molecule has 0 spiro atoms. The molecule has 4 aromatic carbocycles. The van der Waals surface area contributed by atoms with Gasteiger partial charge in [-0.25, -0.2) is 14.6 Å². The minimum absolute atomic E-state index is 0.0625. The second kappa shape index (κ2) is 10.4. The molecule has 2 saturated heterocycles. The molecule has 2 heterocycles. The number of amides is 4. The summed E-state index contributed by atoms with van der Waals surface area (Å²) < 4.78 is 0. The topological polar surface area (TPSA) is 153 Å². The number of phenols is 2. The summed E-state index contributed by atoms with van der Waals surface area (Å²) in [7, 11) is 0. The Balaban J connectivity index is 1.29. The van der Waals surface area contributed by atoms with Crippen molar-refractivity contribution < 1.29 is 39.3 Å². The van der Waals surface area contributed by atoms with Gasteiger partial charge in [0.25, 0.3) is 0 Å². The number of fused-ring (bicyclic) bond motifs is 5. The number of phenolic OH excluding ortho intramolecular Hbond substituents is 1. The molecule has 0 aromatic heterocycles. The van der Waals surface area contributed by atoms with Crippen molar-refractivity contribution in [1.82, 2.24) is 0 Å². The number of rotatable bonds is 4. The van der Waals surface area contributed by atoms with Gasteiger partial charge in [0, 0.05) is 17.4 Å². The predicted molar refractivity (Wildman–Crippen MR) is 174 cm³/mol. The van der Waals surface area contributed by atoms with Crippen LogP contribution in [-0.2, 0) is 19.2 Å². The van der Waals surface area contributed by atoms with Crippen LogP contribution >= 0.6 is 0 Å². The average Bonchev–Trinajstić information content (AvgIpc) is 3.45. The monoisotopic (exact) mass is 642 g/mol. The quantitative estimate of drug-likeness (QED) is 0.198. The van der Waals surface area contributed by atoms with Crippen LogP contribution in [0.4, 0.5) is 11.4 Å². The predicted octanol–water partition coefficient (Wildman–Crippen LogP) is 5.38. The molecule has 3 N–H and O–H groups in total. The lowest BCUT2D eigenvalue weighted by atomic mass is 9.51. The smallest absolute Gasteiger partial charge is 0.339 e. The van der Waals surface area contributed by atoms with Crippen molar-refractivity contribution in [2.24, 2.45) is 29.1 Å². The van der Waals surface area contributed by atoms with Crippen LogP contribution in [0, 0.1) is 29.1 Å². The molecule has 10 heteroatoms. The Labute approximate surface area is 274 Å².